The summed E-state index contributed by atoms with van der Waals surface area (Å²) in [5.74, 6) is 1.45. The standard InChI is InChI=1S/C15H15ClN2/c16-10-11-3-1-5-13(9-11)17-15-8-7-12-4-2-6-14(12)18-15/h1,3,5,7-9H,2,4,6,10H2,(H,17,18). The number of hydrogen-bond donors (Lipinski definition) is 1. The molecule has 3 heteroatoms. The average Bonchev–Trinajstić information content (AvgIpc) is 2.86. The van der Waals surface area contributed by atoms with E-state index in [-0.39, 0.29) is 0 Å². The van der Waals surface area contributed by atoms with Crippen LogP contribution >= 0.6 is 11.6 Å². The predicted molar refractivity (Wildman–Crippen MR) is 75.5 cm³/mol. The molecular formula is C15H15ClN2. The van der Waals surface area contributed by atoms with Crippen LogP contribution in [0.5, 0.6) is 0 Å². The van der Waals surface area contributed by atoms with Crippen molar-refractivity contribution in [2.75, 3.05) is 5.32 Å². The first-order chi connectivity index (χ1) is 8.85. The Morgan fingerprint density at radius 3 is 3.00 bits per heavy atom. The van der Waals surface area contributed by atoms with Gasteiger partial charge in [0.1, 0.15) is 5.82 Å². The van der Waals surface area contributed by atoms with Gasteiger partial charge in [0.05, 0.1) is 0 Å². The number of aryl methyl sites for hydroxylation is 2. The maximum atomic E-state index is 5.84. The Hall–Kier alpha value is -1.54. The minimum Gasteiger partial charge on any atom is -0.340 e. The minimum atomic E-state index is 0.535. The number of nitrogens with zero attached hydrogens (tertiary/aromatic N) is 1. The molecule has 0 bridgehead atoms. The zero-order chi connectivity index (χ0) is 12.4. The second kappa shape index (κ2) is 4.99. The monoisotopic (exact) mass is 258 g/mol. The molecule has 1 N–H and O–H groups in total. The van der Waals surface area contributed by atoms with Gasteiger partial charge in [-0.05, 0) is 48.6 Å². The van der Waals surface area contributed by atoms with Crippen LogP contribution in [0.3, 0.4) is 0 Å². The first kappa shape index (κ1) is 11.5. The van der Waals surface area contributed by atoms with E-state index in [0.717, 1.165) is 23.5 Å². The van der Waals surface area contributed by atoms with Crippen molar-refractivity contribution >= 4 is 23.1 Å². The number of anilines is 2. The normalized spacial score (nSPS) is 13.4. The number of alkyl halides is 1. The summed E-state index contributed by atoms with van der Waals surface area (Å²) < 4.78 is 0. The van der Waals surface area contributed by atoms with Gasteiger partial charge in [-0.15, -0.1) is 11.6 Å². The summed E-state index contributed by atoms with van der Waals surface area (Å²) in [5, 5.41) is 3.34. The number of fused-ring (bicyclic) bond motifs is 1. The van der Waals surface area contributed by atoms with Gasteiger partial charge in [-0.1, -0.05) is 18.2 Å². The highest BCUT2D eigenvalue weighted by Crippen LogP contribution is 2.23. The van der Waals surface area contributed by atoms with E-state index in [2.05, 4.69) is 28.5 Å². The third-order valence-corrected chi connectivity index (χ3v) is 3.59. The molecular weight excluding hydrogens is 244 g/mol. The van der Waals surface area contributed by atoms with Crippen molar-refractivity contribution in [2.45, 2.75) is 25.1 Å². The summed E-state index contributed by atoms with van der Waals surface area (Å²) in [6.45, 7) is 0. The van der Waals surface area contributed by atoms with Crippen molar-refractivity contribution in [3.05, 3.63) is 53.2 Å². The minimum absolute atomic E-state index is 0.535. The van der Waals surface area contributed by atoms with Gasteiger partial charge in [-0.25, -0.2) is 4.98 Å². The maximum Gasteiger partial charge on any atom is 0.130 e. The summed E-state index contributed by atoms with van der Waals surface area (Å²) in [6, 6.07) is 12.4. The van der Waals surface area contributed by atoms with Crippen LogP contribution in [0.15, 0.2) is 36.4 Å². The van der Waals surface area contributed by atoms with Crippen LogP contribution in [-0.4, -0.2) is 4.98 Å². The lowest BCUT2D eigenvalue weighted by molar-refractivity contribution is 0.900. The molecule has 0 saturated carbocycles. The fourth-order valence-electron chi connectivity index (χ4n) is 2.37. The number of halogens is 1. The smallest absolute Gasteiger partial charge is 0.130 e. The highest BCUT2D eigenvalue weighted by molar-refractivity contribution is 6.17. The Bertz CT molecular complexity index is 566. The van der Waals surface area contributed by atoms with Gasteiger partial charge in [0.2, 0.25) is 0 Å². The lowest BCUT2D eigenvalue weighted by Crippen LogP contribution is -1.97. The largest absolute Gasteiger partial charge is 0.340 e. The quantitative estimate of drug-likeness (QED) is 0.840. The molecule has 1 aromatic carbocycles. The molecule has 0 spiro atoms. The third-order valence-electron chi connectivity index (χ3n) is 3.28. The van der Waals surface area contributed by atoms with E-state index >= 15 is 0 Å². The molecule has 1 heterocycles. The summed E-state index contributed by atoms with van der Waals surface area (Å²) in [5.41, 5.74) is 4.80. The molecule has 92 valence electrons. The average molecular weight is 259 g/mol. The van der Waals surface area contributed by atoms with Crippen LogP contribution in [0, 0.1) is 0 Å². The van der Waals surface area contributed by atoms with Crippen LogP contribution in [-0.2, 0) is 18.7 Å². The Labute approximate surface area is 112 Å². The lowest BCUT2D eigenvalue weighted by atomic mass is 10.2. The molecule has 1 aliphatic carbocycles. The Morgan fingerprint density at radius 1 is 1.17 bits per heavy atom. The van der Waals surface area contributed by atoms with Gasteiger partial charge in [0.15, 0.2) is 0 Å². The highest BCUT2D eigenvalue weighted by atomic mass is 35.5. The van der Waals surface area contributed by atoms with Crippen LogP contribution in [0.4, 0.5) is 11.5 Å². The van der Waals surface area contributed by atoms with Crippen LogP contribution in [0.25, 0.3) is 0 Å². The lowest BCUT2D eigenvalue weighted by Gasteiger charge is -2.08. The summed E-state index contributed by atoms with van der Waals surface area (Å²) >= 11 is 5.84. The second-order valence-corrected chi connectivity index (χ2v) is 4.88. The molecule has 1 aromatic heterocycles. The number of rotatable bonds is 3. The summed E-state index contributed by atoms with van der Waals surface area (Å²) in [4.78, 5) is 4.66. The topological polar surface area (TPSA) is 24.9 Å². The van der Waals surface area contributed by atoms with Crippen molar-refractivity contribution in [3.63, 3.8) is 0 Å². The molecule has 2 aromatic rings. The fourth-order valence-corrected chi connectivity index (χ4v) is 2.54. The van der Waals surface area contributed by atoms with Gasteiger partial charge >= 0.3 is 0 Å². The number of hydrogen-bond acceptors (Lipinski definition) is 2. The van der Waals surface area contributed by atoms with Gasteiger partial charge in [-0.3, -0.25) is 0 Å². The Morgan fingerprint density at radius 2 is 2.11 bits per heavy atom. The first-order valence-corrected chi connectivity index (χ1v) is 6.79. The molecule has 1 aliphatic rings. The van der Waals surface area contributed by atoms with Gasteiger partial charge in [0, 0.05) is 17.3 Å². The van der Waals surface area contributed by atoms with E-state index in [1.807, 2.05) is 18.2 Å². The third kappa shape index (κ3) is 2.34. The van der Waals surface area contributed by atoms with E-state index in [0.29, 0.717) is 5.88 Å². The van der Waals surface area contributed by atoms with E-state index in [1.165, 1.54) is 24.1 Å². The Balaban J connectivity index is 1.83. The predicted octanol–water partition coefficient (Wildman–Crippen LogP) is 4.05. The van der Waals surface area contributed by atoms with Gasteiger partial charge < -0.3 is 5.32 Å². The van der Waals surface area contributed by atoms with Gasteiger partial charge in [0.25, 0.3) is 0 Å². The van der Waals surface area contributed by atoms with E-state index in [9.17, 15) is 0 Å². The molecule has 3 rings (SSSR count). The number of aromatic nitrogens is 1. The van der Waals surface area contributed by atoms with Crippen LogP contribution in [0.1, 0.15) is 23.2 Å². The molecule has 0 unspecified atom stereocenters. The van der Waals surface area contributed by atoms with Crippen molar-refractivity contribution in [1.29, 1.82) is 0 Å². The molecule has 18 heavy (non-hydrogen) atoms. The summed E-state index contributed by atoms with van der Waals surface area (Å²) in [6.07, 6.45) is 3.50. The van der Waals surface area contributed by atoms with Crippen molar-refractivity contribution < 1.29 is 0 Å². The van der Waals surface area contributed by atoms with Crippen molar-refractivity contribution in [3.8, 4) is 0 Å². The van der Waals surface area contributed by atoms with Crippen LogP contribution < -0.4 is 5.32 Å². The SMILES string of the molecule is ClCc1cccc(Nc2ccc3c(n2)CCC3)c1. The molecule has 0 radical (unpaired) electrons. The van der Waals surface area contributed by atoms with E-state index < -0.39 is 0 Å². The van der Waals surface area contributed by atoms with E-state index in [4.69, 9.17) is 11.6 Å². The van der Waals surface area contributed by atoms with Gasteiger partial charge in [-0.2, -0.15) is 0 Å². The Kier molecular flexibility index (Phi) is 3.20. The van der Waals surface area contributed by atoms with E-state index in [1.54, 1.807) is 0 Å². The fraction of sp³-hybridized carbons (Fsp3) is 0.267. The second-order valence-electron chi connectivity index (χ2n) is 4.61. The molecule has 0 fully saturated rings. The zero-order valence-corrected chi connectivity index (χ0v) is 10.9. The molecule has 2 nitrogen and oxygen atoms in total. The summed E-state index contributed by atoms with van der Waals surface area (Å²) in [7, 11) is 0. The van der Waals surface area contributed by atoms with Crippen molar-refractivity contribution in [2.24, 2.45) is 0 Å². The molecule has 0 amide bonds. The maximum absolute atomic E-state index is 5.84. The zero-order valence-electron chi connectivity index (χ0n) is 10.1. The molecule has 0 saturated heterocycles. The number of pyridine rings is 1. The van der Waals surface area contributed by atoms with Crippen LogP contribution in [0.2, 0.25) is 0 Å². The highest BCUT2D eigenvalue weighted by Gasteiger charge is 2.12. The molecule has 0 atom stereocenters. The molecule has 0 aliphatic heterocycles. The van der Waals surface area contributed by atoms with Crippen molar-refractivity contribution in [1.82, 2.24) is 4.98 Å². The number of nitrogens with one attached hydrogen (secondary N) is 1. The first-order valence-electron chi connectivity index (χ1n) is 6.26. The number of benzene rings is 1.